The molecular formula is C7H14N2O2S. The van der Waals surface area contributed by atoms with Gasteiger partial charge in [-0.25, -0.2) is 8.42 Å². The van der Waals surface area contributed by atoms with Crippen LogP contribution in [0.5, 0.6) is 0 Å². The van der Waals surface area contributed by atoms with Crippen LogP contribution in [-0.4, -0.2) is 20.2 Å². The van der Waals surface area contributed by atoms with Gasteiger partial charge in [0, 0.05) is 0 Å². The van der Waals surface area contributed by atoms with Crippen LogP contribution >= 0.6 is 0 Å². The molecule has 0 saturated carbocycles. The first kappa shape index (κ1) is 11.4. The molecule has 4 nitrogen and oxygen atoms in total. The van der Waals surface area contributed by atoms with Crippen LogP contribution in [0.15, 0.2) is 0 Å². The van der Waals surface area contributed by atoms with Crippen molar-refractivity contribution in [1.82, 2.24) is 4.72 Å². The van der Waals surface area contributed by atoms with Gasteiger partial charge in [0.15, 0.2) is 0 Å². The highest BCUT2D eigenvalue weighted by molar-refractivity contribution is 7.89. The van der Waals surface area contributed by atoms with Crippen molar-refractivity contribution in [3.8, 4) is 6.07 Å². The molecule has 12 heavy (non-hydrogen) atoms. The van der Waals surface area contributed by atoms with Gasteiger partial charge in [0.05, 0.1) is 11.8 Å². The van der Waals surface area contributed by atoms with Gasteiger partial charge in [0.25, 0.3) is 0 Å². The fraction of sp³-hybridized carbons (Fsp3) is 0.857. The Morgan fingerprint density at radius 3 is 2.42 bits per heavy atom. The average Bonchev–Trinajstić information content (AvgIpc) is 2.00. The zero-order valence-corrected chi connectivity index (χ0v) is 8.19. The minimum atomic E-state index is -3.23. The Bertz CT molecular complexity index is 253. The lowest BCUT2D eigenvalue weighted by molar-refractivity contribution is 0.568. The second kappa shape index (κ2) is 5.12. The van der Waals surface area contributed by atoms with Crippen LogP contribution in [0.2, 0.25) is 0 Å². The van der Waals surface area contributed by atoms with Gasteiger partial charge >= 0.3 is 0 Å². The van der Waals surface area contributed by atoms with Crippen molar-refractivity contribution in [2.24, 2.45) is 0 Å². The third-order valence-electron chi connectivity index (χ3n) is 1.36. The van der Waals surface area contributed by atoms with Gasteiger partial charge in [0.2, 0.25) is 10.0 Å². The van der Waals surface area contributed by atoms with Crippen molar-refractivity contribution >= 4 is 10.0 Å². The summed E-state index contributed by atoms with van der Waals surface area (Å²) in [5, 5.41) is 8.48. The maximum atomic E-state index is 11.1. The Morgan fingerprint density at radius 1 is 1.50 bits per heavy atom. The van der Waals surface area contributed by atoms with Crippen LogP contribution in [0.4, 0.5) is 0 Å². The van der Waals surface area contributed by atoms with E-state index in [2.05, 4.69) is 4.72 Å². The van der Waals surface area contributed by atoms with Crippen LogP contribution < -0.4 is 4.72 Å². The van der Waals surface area contributed by atoms with Crippen molar-refractivity contribution in [1.29, 1.82) is 5.26 Å². The van der Waals surface area contributed by atoms with E-state index >= 15 is 0 Å². The molecule has 0 aromatic heterocycles. The van der Waals surface area contributed by atoms with Crippen molar-refractivity contribution < 1.29 is 8.42 Å². The molecule has 0 spiro atoms. The van der Waals surface area contributed by atoms with Crippen molar-refractivity contribution in [2.45, 2.75) is 32.7 Å². The molecule has 0 saturated heterocycles. The molecule has 1 unspecified atom stereocenters. The van der Waals surface area contributed by atoms with Crippen LogP contribution in [0, 0.1) is 11.3 Å². The third-order valence-corrected chi connectivity index (χ3v) is 2.95. The van der Waals surface area contributed by atoms with Crippen molar-refractivity contribution in [3.63, 3.8) is 0 Å². The molecule has 0 aliphatic rings. The van der Waals surface area contributed by atoms with Gasteiger partial charge in [0.1, 0.15) is 6.04 Å². The number of hydrogen-bond acceptors (Lipinski definition) is 3. The van der Waals surface area contributed by atoms with Crippen LogP contribution in [0.25, 0.3) is 0 Å². The number of nitrogens with zero attached hydrogens (tertiary/aromatic N) is 1. The van der Waals surface area contributed by atoms with Crippen molar-refractivity contribution in [3.05, 3.63) is 0 Å². The first-order chi connectivity index (χ1) is 5.55. The average molecular weight is 190 g/mol. The summed E-state index contributed by atoms with van der Waals surface area (Å²) in [6.45, 7) is 3.55. The maximum Gasteiger partial charge on any atom is 0.212 e. The van der Waals surface area contributed by atoms with E-state index < -0.39 is 16.1 Å². The van der Waals surface area contributed by atoms with Crippen LogP contribution in [-0.2, 0) is 10.0 Å². The highest BCUT2D eigenvalue weighted by atomic mass is 32.2. The minimum absolute atomic E-state index is 0.0885. The molecule has 0 bridgehead atoms. The summed E-state index contributed by atoms with van der Waals surface area (Å²) in [6.07, 6.45) is 1.07. The van der Waals surface area contributed by atoms with E-state index in [1.807, 2.05) is 6.07 Å². The number of rotatable bonds is 5. The zero-order chi connectivity index (χ0) is 9.61. The standard InChI is InChI=1S/C7H14N2O2S/c1-3-5-12(10,11)9-7(4-2)6-8/h7,9H,3-5H2,1-2H3. The Kier molecular flexibility index (Phi) is 4.86. The minimum Gasteiger partial charge on any atom is -0.212 e. The summed E-state index contributed by atoms with van der Waals surface area (Å²) in [6, 6.07) is 1.29. The van der Waals surface area contributed by atoms with Gasteiger partial charge in [-0.1, -0.05) is 13.8 Å². The summed E-state index contributed by atoms with van der Waals surface area (Å²) in [5.74, 6) is 0.0885. The molecule has 5 heteroatoms. The van der Waals surface area contributed by atoms with E-state index in [9.17, 15) is 8.42 Å². The summed E-state index contributed by atoms with van der Waals surface area (Å²) < 4.78 is 24.5. The molecule has 0 amide bonds. The monoisotopic (exact) mass is 190 g/mol. The van der Waals surface area contributed by atoms with Crippen molar-refractivity contribution in [2.75, 3.05) is 5.75 Å². The SMILES string of the molecule is CCCS(=O)(=O)NC(C#N)CC. The highest BCUT2D eigenvalue weighted by Gasteiger charge is 2.14. The summed E-state index contributed by atoms with van der Waals surface area (Å²) >= 11 is 0. The van der Waals surface area contributed by atoms with E-state index in [-0.39, 0.29) is 5.75 Å². The van der Waals surface area contributed by atoms with E-state index in [0.717, 1.165) is 0 Å². The Hall–Kier alpha value is -0.600. The number of nitrogens with one attached hydrogen (secondary N) is 1. The zero-order valence-electron chi connectivity index (χ0n) is 7.37. The molecule has 70 valence electrons. The van der Waals surface area contributed by atoms with Gasteiger partial charge in [-0.05, 0) is 12.8 Å². The fourth-order valence-electron chi connectivity index (χ4n) is 0.745. The lowest BCUT2D eigenvalue weighted by Gasteiger charge is -2.08. The quantitative estimate of drug-likeness (QED) is 0.690. The summed E-state index contributed by atoms with van der Waals surface area (Å²) in [7, 11) is -3.23. The number of sulfonamides is 1. The molecule has 0 radical (unpaired) electrons. The normalized spacial score (nSPS) is 13.8. The van der Waals surface area contributed by atoms with E-state index in [0.29, 0.717) is 12.8 Å². The summed E-state index contributed by atoms with van der Waals surface area (Å²) in [5.41, 5.74) is 0. The molecule has 1 N–H and O–H groups in total. The smallest absolute Gasteiger partial charge is 0.212 e. The Morgan fingerprint density at radius 2 is 2.08 bits per heavy atom. The van der Waals surface area contributed by atoms with Gasteiger partial charge in [-0.2, -0.15) is 9.98 Å². The second-order valence-corrected chi connectivity index (χ2v) is 4.40. The Labute approximate surface area is 73.6 Å². The first-order valence-electron chi connectivity index (χ1n) is 3.95. The van der Waals surface area contributed by atoms with Crippen LogP contribution in [0.3, 0.4) is 0 Å². The predicted molar refractivity (Wildman–Crippen MR) is 46.9 cm³/mol. The molecule has 0 aromatic rings. The van der Waals surface area contributed by atoms with Crippen LogP contribution in [0.1, 0.15) is 26.7 Å². The maximum absolute atomic E-state index is 11.1. The topological polar surface area (TPSA) is 70.0 Å². The third kappa shape index (κ3) is 4.31. The number of hydrogen-bond donors (Lipinski definition) is 1. The van der Waals surface area contributed by atoms with E-state index in [4.69, 9.17) is 5.26 Å². The molecule has 0 aromatic carbocycles. The highest BCUT2D eigenvalue weighted by Crippen LogP contribution is 1.94. The summed E-state index contributed by atoms with van der Waals surface area (Å²) in [4.78, 5) is 0. The molecule has 1 atom stereocenters. The molecule has 0 aliphatic heterocycles. The number of nitriles is 1. The van der Waals surface area contributed by atoms with Gasteiger partial charge in [-0.15, -0.1) is 0 Å². The molecule has 0 heterocycles. The fourth-order valence-corrected chi connectivity index (χ4v) is 2.05. The lowest BCUT2D eigenvalue weighted by atomic mass is 10.3. The lowest BCUT2D eigenvalue weighted by Crippen LogP contribution is -2.34. The molecule has 0 fully saturated rings. The van der Waals surface area contributed by atoms with Gasteiger partial charge < -0.3 is 0 Å². The predicted octanol–water partition coefficient (Wildman–Crippen LogP) is 0.618. The Balaban J connectivity index is 4.16. The molecule has 0 rings (SSSR count). The molecular weight excluding hydrogens is 176 g/mol. The first-order valence-corrected chi connectivity index (χ1v) is 5.60. The van der Waals surface area contributed by atoms with E-state index in [1.165, 1.54) is 0 Å². The largest absolute Gasteiger partial charge is 0.212 e. The van der Waals surface area contributed by atoms with Gasteiger partial charge in [-0.3, -0.25) is 0 Å². The van der Waals surface area contributed by atoms with E-state index in [1.54, 1.807) is 13.8 Å². The second-order valence-electron chi connectivity index (χ2n) is 2.53. The molecule has 0 aliphatic carbocycles.